The topological polar surface area (TPSA) is 43.6 Å². The Morgan fingerprint density at radius 1 is 1.10 bits per heavy atom. The maximum Gasteiger partial charge on any atom is 0.160 e. The zero-order chi connectivity index (χ0) is 14.7. The third-order valence-corrected chi connectivity index (χ3v) is 3.80. The van der Waals surface area contributed by atoms with Crippen LogP contribution in [0.25, 0.3) is 11.2 Å². The molecular weight excluding hydrogens is 284 g/mol. The van der Waals surface area contributed by atoms with Crippen molar-refractivity contribution in [1.82, 2.24) is 19.5 Å². The lowest BCUT2D eigenvalue weighted by Gasteiger charge is -2.08. The Hall–Kier alpha value is -1.94. The van der Waals surface area contributed by atoms with Gasteiger partial charge in [-0.25, -0.2) is 9.97 Å². The minimum absolute atomic E-state index is 0.567. The molecule has 5 heteroatoms. The molecule has 0 aliphatic heterocycles. The summed E-state index contributed by atoms with van der Waals surface area (Å²) in [7, 11) is 0. The third-order valence-electron chi connectivity index (χ3n) is 3.61. The van der Waals surface area contributed by atoms with Crippen LogP contribution in [0, 0.1) is 6.92 Å². The van der Waals surface area contributed by atoms with Crippen molar-refractivity contribution >= 4 is 22.8 Å². The Balaban J connectivity index is 1.95. The van der Waals surface area contributed by atoms with E-state index in [1.54, 1.807) is 0 Å². The highest BCUT2D eigenvalue weighted by atomic mass is 35.5. The van der Waals surface area contributed by atoms with Gasteiger partial charge in [-0.15, -0.1) is 11.6 Å². The van der Waals surface area contributed by atoms with Crippen molar-refractivity contribution in [3.8, 4) is 0 Å². The minimum atomic E-state index is 0.567. The Bertz CT molecular complexity index is 737. The van der Waals surface area contributed by atoms with E-state index in [0.29, 0.717) is 5.88 Å². The predicted octanol–water partition coefficient (Wildman–Crippen LogP) is 3.16. The van der Waals surface area contributed by atoms with E-state index in [0.717, 1.165) is 41.9 Å². The Kier molecular flexibility index (Phi) is 4.15. The first-order valence-corrected chi connectivity index (χ1v) is 7.58. The van der Waals surface area contributed by atoms with Crippen LogP contribution in [0.5, 0.6) is 0 Å². The molecule has 108 valence electrons. The number of aryl methyl sites for hydroxylation is 4. The first-order valence-electron chi connectivity index (χ1n) is 7.05. The molecule has 3 rings (SSSR count). The standard InChI is InChI=1S/C16H17ClN4/c1-12-3-10-19-16-15(12)20-14(2-7-17)21(16)11-6-13-4-8-18-9-5-13/h3-5,8-10H,2,6-7,11H2,1H3. The van der Waals surface area contributed by atoms with Crippen molar-refractivity contribution in [2.45, 2.75) is 26.3 Å². The molecule has 0 atom stereocenters. The van der Waals surface area contributed by atoms with Gasteiger partial charge in [0.2, 0.25) is 0 Å². The summed E-state index contributed by atoms with van der Waals surface area (Å²) in [6.45, 7) is 2.91. The molecule has 0 aliphatic carbocycles. The van der Waals surface area contributed by atoms with Crippen LogP contribution < -0.4 is 0 Å². The van der Waals surface area contributed by atoms with Crippen LogP contribution in [0.1, 0.15) is 17.0 Å². The van der Waals surface area contributed by atoms with Crippen molar-refractivity contribution < 1.29 is 0 Å². The number of hydrogen-bond acceptors (Lipinski definition) is 3. The van der Waals surface area contributed by atoms with Crippen LogP contribution in [-0.2, 0) is 19.4 Å². The number of hydrogen-bond donors (Lipinski definition) is 0. The molecule has 0 bridgehead atoms. The molecular formula is C16H17ClN4. The number of imidazole rings is 1. The van der Waals surface area contributed by atoms with Gasteiger partial charge in [-0.1, -0.05) is 0 Å². The molecule has 3 aromatic heterocycles. The fourth-order valence-electron chi connectivity index (χ4n) is 2.48. The van der Waals surface area contributed by atoms with Gasteiger partial charge in [-0.05, 0) is 42.7 Å². The first kappa shape index (κ1) is 14.0. The summed E-state index contributed by atoms with van der Waals surface area (Å²) in [5, 5.41) is 0. The quantitative estimate of drug-likeness (QED) is 0.680. The summed E-state index contributed by atoms with van der Waals surface area (Å²) < 4.78 is 2.19. The molecule has 21 heavy (non-hydrogen) atoms. The van der Waals surface area contributed by atoms with Gasteiger partial charge in [0, 0.05) is 37.4 Å². The van der Waals surface area contributed by atoms with E-state index in [1.165, 1.54) is 5.56 Å². The molecule has 0 unspecified atom stereocenters. The van der Waals surface area contributed by atoms with Crippen molar-refractivity contribution in [3.63, 3.8) is 0 Å². The molecule has 3 aromatic rings. The number of pyridine rings is 2. The molecule has 0 amide bonds. The predicted molar refractivity (Wildman–Crippen MR) is 84.6 cm³/mol. The van der Waals surface area contributed by atoms with Gasteiger partial charge in [-0.3, -0.25) is 4.98 Å². The number of rotatable bonds is 5. The van der Waals surface area contributed by atoms with Crippen LogP contribution in [0.4, 0.5) is 0 Å². The smallest absolute Gasteiger partial charge is 0.160 e. The molecule has 0 aliphatic rings. The summed E-state index contributed by atoms with van der Waals surface area (Å²) in [6, 6.07) is 6.07. The first-order chi connectivity index (χ1) is 10.3. The van der Waals surface area contributed by atoms with Crippen LogP contribution in [0.2, 0.25) is 0 Å². The van der Waals surface area contributed by atoms with Crippen molar-refractivity contribution in [1.29, 1.82) is 0 Å². The summed E-state index contributed by atoms with van der Waals surface area (Å²) in [5.41, 5.74) is 4.34. The van der Waals surface area contributed by atoms with E-state index in [1.807, 2.05) is 36.8 Å². The van der Waals surface area contributed by atoms with Crippen LogP contribution in [0.15, 0.2) is 36.8 Å². The van der Waals surface area contributed by atoms with E-state index in [2.05, 4.69) is 21.5 Å². The Morgan fingerprint density at radius 3 is 2.67 bits per heavy atom. The van der Waals surface area contributed by atoms with Crippen LogP contribution in [-0.4, -0.2) is 25.4 Å². The molecule has 0 fully saturated rings. The van der Waals surface area contributed by atoms with Crippen molar-refractivity contribution in [2.75, 3.05) is 5.88 Å². The second-order valence-electron chi connectivity index (χ2n) is 5.02. The molecule has 4 nitrogen and oxygen atoms in total. The van der Waals surface area contributed by atoms with Gasteiger partial charge >= 0.3 is 0 Å². The van der Waals surface area contributed by atoms with Crippen molar-refractivity contribution in [3.05, 3.63) is 53.7 Å². The molecule has 0 saturated heterocycles. The lowest BCUT2D eigenvalue weighted by molar-refractivity contribution is 0.669. The SMILES string of the molecule is Cc1ccnc2c1nc(CCCl)n2CCc1ccncc1. The molecule has 0 N–H and O–H groups in total. The average molecular weight is 301 g/mol. The summed E-state index contributed by atoms with van der Waals surface area (Å²) in [6.07, 6.45) is 7.17. The fraction of sp³-hybridized carbons (Fsp3) is 0.312. The molecule has 3 heterocycles. The highest BCUT2D eigenvalue weighted by Crippen LogP contribution is 2.18. The second kappa shape index (κ2) is 6.22. The summed E-state index contributed by atoms with van der Waals surface area (Å²) in [5.74, 6) is 1.58. The van der Waals surface area contributed by atoms with Gasteiger partial charge in [-0.2, -0.15) is 0 Å². The number of aromatic nitrogens is 4. The molecule has 0 aromatic carbocycles. The van der Waals surface area contributed by atoms with Gasteiger partial charge in [0.05, 0.1) is 0 Å². The number of alkyl halides is 1. The third kappa shape index (κ3) is 2.90. The molecule has 0 saturated carbocycles. The summed E-state index contributed by atoms with van der Waals surface area (Å²) >= 11 is 5.91. The number of halogens is 1. The number of fused-ring (bicyclic) bond motifs is 1. The monoisotopic (exact) mass is 300 g/mol. The maximum absolute atomic E-state index is 5.91. The van der Waals surface area contributed by atoms with Gasteiger partial charge in [0.1, 0.15) is 11.3 Å². The maximum atomic E-state index is 5.91. The Morgan fingerprint density at radius 2 is 1.90 bits per heavy atom. The van der Waals surface area contributed by atoms with E-state index in [-0.39, 0.29) is 0 Å². The van der Waals surface area contributed by atoms with E-state index < -0.39 is 0 Å². The van der Waals surface area contributed by atoms with E-state index >= 15 is 0 Å². The lowest BCUT2D eigenvalue weighted by Crippen LogP contribution is -2.07. The van der Waals surface area contributed by atoms with E-state index in [9.17, 15) is 0 Å². The average Bonchev–Trinajstić information content (AvgIpc) is 2.86. The minimum Gasteiger partial charge on any atom is -0.312 e. The Labute approximate surface area is 128 Å². The fourth-order valence-corrected chi connectivity index (χ4v) is 2.65. The van der Waals surface area contributed by atoms with Crippen molar-refractivity contribution in [2.24, 2.45) is 0 Å². The normalized spacial score (nSPS) is 11.1. The van der Waals surface area contributed by atoms with Gasteiger partial charge in [0.15, 0.2) is 5.65 Å². The van der Waals surface area contributed by atoms with Gasteiger partial charge < -0.3 is 4.57 Å². The molecule has 0 spiro atoms. The lowest BCUT2D eigenvalue weighted by atomic mass is 10.2. The van der Waals surface area contributed by atoms with Crippen LogP contribution in [0.3, 0.4) is 0 Å². The van der Waals surface area contributed by atoms with E-state index in [4.69, 9.17) is 16.6 Å². The second-order valence-corrected chi connectivity index (χ2v) is 5.40. The highest BCUT2D eigenvalue weighted by Gasteiger charge is 2.12. The van der Waals surface area contributed by atoms with Crippen LogP contribution >= 0.6 is 11.6 Å². The largest absolute Gasteiger partial charge is 0.312 e. The number of nitrogens with zero attached hydrogens (tertiary/aromatic N) is 4. The summed E-state index contributed by atoms with van der Waals surface area (Å²) in [4.78, 5) is 13.3. The highest BCUT2D eigenvalue weighted by molar-refractivity contribution is 6.17. The molecule has 0 radical (unpaired) electrons. The van der Waals surface area contributed by atoms with Gasteiger partial charge in [0.25, 0.3) is 0 Å². The zero-order valence-corrected chi connectivity index (χ0v) is 12.7. The zero-order valence-electron chi connectivity index (χ0n) is 12.0.